The van der Waals surface area contributed by atoms with E-state index in [0.29, 0.717) is 13.2 Å². The highest BCUT2D eigenvalue weighted by molar-refractivity contribution is 14.0. The van der Waals surface area contributed by atoms with Crippen molar-refractivity contribution in [2.24, 2.45) is 4.99 Å². The molecule has 0 aliphatic carbocycles. The third-order valence-electron chi connectivity index (χ3n) is 3.47. The lowest BCUT2D eigenvalue weighted by atomic mass is 10.1. The first kappa shape index (κ1) is 24.1. The monoisotopic (exact) mass is 463 g/mol. The maximum Gasteiger partial charge on any atom is 0.191 e. The zero-order valence-corrected chi connectivity index (χ0v) is 18.2. The molecule has 0 aromatic heterocycles. The zero-order valence-electron chi connectivity index (χ0n) is 15.8. The van der Waals surface area contributed by atoms with Crippen LogP contribution < -0.4 is 10.6 Å². The van der Waals surface area contributed by atoms with Gasteiger partial charge >= 0.3 is 0 Å². The average Bonchev–Trinajstić information content (AvgIpc) is 2.61. The molecule has 0 aliphatic rings. The summed E-state index contributed by atoms with van der Waals surface area (Å²) in [6.07, 6.45) is 2.15. The van der Waals surface area contributed by atoms with Crippen LogP contribution in [0.1, 0.15) is 44.7 Å². The highest BCUT2D eigenvalue weighted by atomic mass is 127. The van der Waals surface area contributed by atoms with E-state index < -0.39 is 0 Å². The normalized spacial score (nSPS) is 11.1. The standard InChI is InChI=1S/C19H33N3O2.HI/c1-4-20-19(21-13-7-8-14-23-5-2)22-15-17-9-11-18(12-10-17)16-24-6-3;/h9-12H,4-8,13-16H2,1-3H3,(H2,20,21,22);1H. The van der Waals surface area contributed by atoms with Crippen LogP contribution in [0.5, 0.6) is 0 Å². The summed E-state index contributed by atoms with van der Waals surface area (Å²) in [5.41, 5.74) is 2.40. The molecular formula is C19H34IN3O2. The summed E-state index contributed by atoms with van der Waals surface area (Å²) in [5.74, 6) is 0.868. The highest BCUT2D eigenvalue weighted by Gasteiger charge is 1.98. The van der Waals surface area contributed by atoms with E-state index in [4.69, 9.17) is 9.47 Å². The molecule has 0 bridgehead atoms. The van der Waals surface area contributed by atoms with E-state index in [0.717, 1.165) is 51.7 Å². The second-order valence-electron chi connectivity index (χ2n) is 5.48. The number of nitrogens with zero attached hydrogens (tertiary/aromatic N) is 1. The van der Waals surface area contributed by atoms with E-state index in [2.05, 4.69) is 46.8 Å². The van der Waals surface area contributed by atoms with Crippen molar-refractivity contribution < 1.29 is 9.47 Å². The van der Waals surface area contributed by atoms with Crippen LogP contribution in [-0.4, -0.2) is 38.9 Å². The Morgan fingerprint density at radius 2 is 1.60 bits per heavy atom. The Bertz CT molecular complexity index is 452. The molecule has 25 heavy (non-hydrogen) atoms. The van der Waals surface area contributed by atoms with Gasteiger partial charge in [-0.3, -0.25) is 0 Å². The largest absolute Gasteiger partial charge is 0.382 e. The first-order valence-corrected chi connectivity index (χ1v) is 9.05. The van der Waals surface area contributed by atoms with E-state index in [1.165, 1.54) is 11.1 Å². The third-order valence-corrected chi connectivity index (χ3v) is 3.47. The molecule has 0 saturated heterocycles. The highest BCUT2D eigenvalue weighted by Crippen LogP contribution is 2.07. The number of halogens is 1. The molecule has 0 aliphatic heterocycles. The molecule has 0 amide bonds. The summed E-state index contributed by atoms with van der Waals surface area (Å²) in [6, 6.07) is 8.44. The Balaban J connectivity index is 0.00000576. The van der Waals surface area contributed by atoms with E-state index in [1.807, 2.05) is 13.8 Å². The van der Waals surface area contributed by atoms with Crippen LogP contribution in [-0.2, 0) is 22.6 Å². The number of unbranched alkanes of at least 4 members (excludes halogenated alkanes) is 1. The number of guanidine groups is 1. The molecule has 0 unspecified atom stereocenters. The molecular weight excluding hydrogens is 429 g/mol. The molecule has 0 radical (unpaired) electrons. The maximum atomic E-state index is 5.41. The minimum Gasteiger partial charge on any atom is -0.382 e. The average molecular weight is 463 g/mol. The van der Waals surface area contributed by atoms with Gasteiger partial charge in [0, 0.05) is 32.9 Å². The van der Waals surface area contributed by atoms with Crippen molar-refractivity contribution in [1.82, 2.24) is 10.6 Å². The van der Waals surface area contributed by atoms with Crippen LogP contribution in [0.2, 0.25) is 0 Å². The molecule has 1 aromatic rings. The predicted molar refractivity (Wildman–Crippen MR) is 116 cm³/mol. The topological polar surface area (TPSA) is 54.9 Å². The molecule has 0 saturated carbocycles. The smallest absolute Gasteiger partial charge is 0.191 e. The first-order chi connectivity index (χ1) is 11.8. The SMILES string of the molecule is CCNC(=NCc1ccc(COCC)cc1)NCCCCOCC.I. The zero-order chi connectivity index (χ0) is 17.5. The predicted octanol–water partition coefficient (Wildman–Crippen LogP) is 3.71. The lowest BCUT2D eigenvalue weighted by molar-refractivity contribution is 0.134. The minimum absolute atomic E-state index is 0. The van der Waals surface area contributed by atoms with Crippen molar-refractivity contribution in [3.63, 3.8) is 0 Å². The number of aliphatic imine (C=N–C) groups is 1. The number of hydrogen-bond donors (Lipinski definition) is 2. The van der Waals surface area contributed by atoms with Gasteiger partial charge in [-0.1, -0.05) is 24.3 Å². The van der Waals surface area contributed by atoms with E-state index in [1.54, 1.807) is 0 Å². The van der Waals surface area contributed by atoms with Crippen LogP contribution in [0.15, 0.2) is 29.3 Å². The molecule has 0 heterocycles. The van der Waals surface area contributed by atoms with E-state index in [9.17, 15) is 0 Å². The second-order valence-corrected chi connectivity index (χ2v) is 5.48. The summed E-state index contributed by atoms with van der Waals surface area (Å²) >= 11 is 0. The molecule has 0 fully saturated rings. The molecule has 2 N–H and O–H groups in total. The van der Waals surface area contributed by atoms with E-state index in [-0.39, 0.29) is 24.0 Å². The summed E-state index contributed by atoms with van der Waals surface area (Å²) in [5, 5.41) is 6.65. The third kappa shape index (κ3) is 12.2. The molecule has 6 heteroatoms. The summed E-state index contributed by atoms with van der Waals surface area (Å²) < 4.78 is 10.8. The van der Waals surface area contributed by atoms with Crippen LogP contribution in [0.4, 0.5) is 0 Å². The molecule has 1 aromatic carbocycles. The van der Waals surface area contributed by atoms with Crippen molar-refractivity contribution in [2.75, 3.05) is 32.9 Å². The van der Waals surface area contributed by atoms with Crippen LogP contribution in [0, 0.1) is 0 Å². The summed E-state index contributed by atoms with van der Waals surface area (Å²) in [4.78, 5) is 4.64. The van der Waals surface area contributed by atoms with Crippen molar-refractivity contribution in [1.29, 1.82) is 0 Å². The van der Waals surface area contributed by atoms with Crippen molar-refractivity contribution in [2.45, 2.75) is 46.8 Å². The number of hydrogen-bond acceptors (Lipinski definition) is 3. The number of ether oxygens (including phenoxy) is 2. The molecule has 1 rings (SSSR count). The number of nitrogens with one attached hydrogen (secondary N) is 2. The van der Waals surface area contributed by atoms with Crippen molar-refractivity contribution >= 4 is 29.9 Å². The molecule has 5 nitrogen and oxygen atoms in total. The van der Waals surface area contributed by atoms with E-state index >= 15 is 0 Å². The Labute approximate surface area is 170 Å². The Hall–Kier alpha value is -0.860. The molecule has 0 spiro atoms. The molecule has 144 valence electrons. The Morgan fingerprint density at radius 3 is 2.24 bits per heavy atom. The van der Waals surface area contributed by atoms with Crippen LogP contribution in [0.3, 0.4) is 0 Å². The van der Waals surface area contributed by atoms with Gasteiger partial charge in [0.1, 0.15) is 0 Å². The quantitative estimate of drug-likeness (QED) is 0.215. The van der Waals surface area contributed by atoms with Gasteiger partial charge < -0.3 is 20.1 Å². The fourth-order valence-corrected chi connectivity index (χ4v) is 2.15. The van der Waals surface area contributed by atoms with Gasteiger partial charge in [-0.05, 0) is 44.7 Å². The second kappa shape index (κ2) is 16.6. The summed E-state index contributed by atoms with van der Waals surface area (Å²) in [6.45, 7) is 11.6. The Kier molecular flexibility index (Phi) is 16.0. The number of benzene rings is 1. The molecule has 0 atom stereocenters. The van der Waals surface area contributed by atoms with Gasteiger partial charge in [0.2, 0.25) is 0 Å². The van der Waals surface area contributed by atoms with Crippen LogP contribution >= 0.6 is 24.0 Å². The Morgan fingerprint density at radius 1 is 0.920 bits per heavy atom. The lowest BCUT2D eigenvalue weighted by Crippen LogP contribution is -2.37. The first-order valence-electron chi connectivity index (χ1n) is 9.05. The lowest BCUT2D eigenvalue weighted by Gasteiger charge is -2.11. The number of rotatable bonds is 12. The van der Waals surface area contributed by atoms with Gasteiger partial charge in [0.25, 0.3) is 0 Å². The van der Waals surface area contributed by atoms with Crippen molar-refractivity contribution in [3.05, 3.63) is 35.4 Å². The summed E-state index contributed by atoms with van der Waals surface area (Å²) in [7, 11) is 0. The van der Waals surface area contributed by atoms with Crippen LogP contribution in [0.25, 0.3) is 0 Å². The van der Waals surface area contributed by atoms with Crippen molar-refractivity contribution in [3.8, 4) is 0 Å². The minimum atomic E-state index is 0. The van der Waals surface area contributed by atoms with Gasteiger partial charge in [-0.15, -0.1) is 24.0 Å². The van der Waals surface area contributed by atoms with Gasteiger partial charge in [-0.25, -0.2) is 4.99 Å². The van der Waals surface area contributed by atoms with Gasteiger partial charge in [-0.2, -0.15) is 0 Å². The van der Waals surface area contributed by atoms with Gasteiger partial charge in [0.15, 0.2) is 5.96 Å². The maximum absolute atomic E-state index is 5.41. The fraction of sp³-hybridized carbons (Fsp3) is 0.632. The fourth-order valence-electron chi connectivity index (χ4n) is 2.15. The van der Waals surface area contributed by atoms with Gasteiger partial charge in [0.05, 0.1) is 13.2 Å².